The van der Waals surface area contributed by atoms with E-state index in [0.29, 0.717) is 29.4 Å². The molecule has 0 saturated heterocycles. The lowest BCUT2D eigenvalue weighted by Gasteiger charge is -2.10. The van der Waals surface area contributed by atoms with Gasteiger partial charge < -0.3 is 10.1 Å². The van der Waals surface area contributed by atoms with Gasteiger partial charge in [0.1, 0.15) is 0 Å². The van der Waals surface area contributed by atoms with Crippen molar-refractivity contribution in [2.75, 3.05) is 25.0 Å². The topological polar surface area (TPSA) is 84.5 Å². The van der Waals surface area contributed by atoms with Crippen molar-refractivity contribution < 1.29 is 17.9 Å². The van der Waals surface area contributed by atoms with Crippen LogP contribution < -0.4 is 10.0 Å². The smallest absolute Gasteiger partial charge is 0.261 e. The number of ether oxygens (including phenoxy) is 1. The molecule has 128 valence electrons. The van der Waals surface area contributed by atoms with Crippen molar-refractivity contribution in [3.8, 4) is 0 Å². The minimum Gasteiger partial charge on any atom is -0.383 e. The standard InChI is InChI=1S/C16H17ClN2O4S/c1-23-11-10-18-16(20)12-6-8-13(9-7-12)24(21,22)19-15-5-3-2-4-14(15)17/h2-9,19H,10-11H2,1H3,(H,18,20). The predicted molar refractivity (Wildman–Crippen MR) is 92.9 cm³/mol. The maximum atomic E-state index is 12.4. The Morgan fingerprint density at radius 3 is 2.42 bits per heavy atom. The first kappa shape index (κ1) is 18.3. The van der Waals surface area contributed by atoms with Crippen LogP contribution in [0.1, 0.15) is 10.4 Å². The highest BCUT2D eigenvalue weighted by Gasteiger charge is 2.16. The number of benzene rings is 2. The van der Waals surface area contributed by atoms with Crippen LogP contribution in [0.5, 0.6) is 0 Å². The summed E-state index contributed by atoms with van der Waals surface area (Å²) in [6, 6.07) is 12.2. The monoisotopic (exact) mass is 368 g/mol. The molecule has 2 aromatic carbocycles. The van der Waals surface area contributed by atoms with E-state index in [2.05, 4.69) is 10.0 Å². The molecule has 0 saturated carbocycles. The van der Waals surface area contributed by atoms with Crippen molar-refractivity contribution in [1.29, 1.82) is 0 Å². The molecule has 0 atom stereocenters. The Morgan fingerprint density at radius 1 is 1.12 bits per heavy atom. The molecule has 0 aliphatic carbocycles. The van der Waals surface area contributed by atoms with Crippen LogP contribution in [0, 0.1) is 0 Å². The lowest BCUT2D eigenvalue weighted by molar-refractivity contribution is 0.0937. The molecular weight excluding hydrogens is 352 g/mol. The lowest BCUT2D eigenvalue weighted by Crippen LogP contribution is -2.26. The van der Waals surface area contributed by atoms with Gasteiger partial charge in [0.15, 0.2) is 0 Å². The van der Waals surface area contributed by atoms with Crippen LogP contribution in [0.4, 0.5) is 5.69 Å². The average Bonchev–Trinajstić information content (AvgIpc) is 2.57. The van der Waals surface area contributed by atoms with Crippen LogP contribution in [0.25, 0.3) is 0 Å². The maximum absolute atomic E-state index is 12.4. The number of amides is 1. The van der Waals surface area contributed by atoms with Crippen molar-refractivity contribution in [3.63, 3.8) is 0 Å². The van der Waals surface area contributed by atoms with Gasteiger partial charge in [0.2, 0.25) is 0 Å². The van der Waals surface area contributed by atoms with Gasteiger partial charge in [-0.05, 0) is 36.4 Å². The molecule has 0 aliphatic heterocycles. The maximum Gasteiger partial charge on any atom is 0.261 e. The number of anilines is 1. The minimum atomic E-state index is -3.79. The molecule has 0 radical (unpaired) electrons. The Bertz CT molecular complexity index is 807. The zero-order valence-corrected chi connectivity index (χ0v) is 14.5. The van der Waals surface area contributed by atoms with E-state index in [1.165, 1.54) is 31.4 Å². The SMILES string of the molecule is COCCNC(=O)c1ccc(S(=O)(=O)Nc2ccccc2Cl)cc1. The lowest BCUT2D eigenvalue weighted by atomic mass is 10.2. The molecule has 2 aromatic rings. The third kappa shape index (κ3) is 4.70. The van der Waals surface area contributed by atoms with E-state index in [4.69, 9.17) is 16.3 Å². The summed E-state index contributed by atoms with van der Waals surface area (Å²) < 4.78 is 32.0. The molecule has 2 N–H and O–H groups in total. The van der Waals surface area contributed by atoms with Gasteiger partial charge in [-0.2, -0.15) is 0 Å². The summed E-state index contributed by atoms with van der Waals surface area (Å²) in [5.41, 5.74) is 0.656. The van der Waals surface area contributed by atoms with Crippen LogP contribution in [0.2, 0.25) is 5.02 Å². The second-order valence-electron chi connectivity index (χ2n) is 4.86. The number of carbonyl (C=O) groups is 1. The Morgan fingerprint density at radius 2 is 1.79 bits per heavy atom. The third-order valence-corrected chi connectivity index (χ3v) is 4.85. The van der Waals surface area contributed by atoms with E-state index in [9.17, 15) is 13.2 Å². The molecule has 2 rings (SSSR count). The fourth-order valence-electron chi connectivity index (χ4n) is 1.90. The number of hydrogen-bond acceptors (Lipinski definition) is 4. The van der Waals surface area contributed by atoms with E-state index in [1.807, 2.05) is 0 Å². The first-order chi connectivity index (χ1) is 11.4. The van der Waals surface area contributed by atoms with Crippen molar-refractivity contribution in [2.45, 2.75) is 4.90 Å². The summed E-state index contributed by atoms with van der Waals surface area (Å²) in [7, 11) is -2.25. The first-order valence-corrected chi connectivity index (χ1v) is 8.95. The number of sulfonamides is 1. The molecular formula is C16H17ClN2O4S. The number of halogens is 1. The van der Waals surface area contributed by atoms with E-state index < -0.39 is 10.0 Å². The van der Waals surface area contributed by atoms with Gasteiger partial charge in [-0.15, -0.1) is 0 Å². The van der Waals surface area contributed by atoms with Crippen molar-refractivity contribution in [1.82, 2.24) is 5.32 Å². The van der Waals surface area contributed by atoms with E-state index in [1.54, 1.807) is 24.3 Å². The Kier molecular flexibility index (Phi) is 6.19. The highest BCUT2D eigenvalue weighted by atomic mass is 35.5. The van der Waals surface area contributed by atoms with Crippen LogP contribution in [0.15, 0.2) is 53.4 Å². The fourth-order valence-corrected chi connectivity index (χ4v) is 3.22. The van der Waals surface area contributed by atoms with Crippen molar-refractivity contribution in [3.05, 3.63) is 59.1 Å². The van der Waals surface area contributed by atoms with E-state index >= 15 is 0 Å². The largest absolute Gasteiger partial charge is 0.383 e. The Hall–Kier alpha value is -2.09. The fraction of sp³-hybridized carbons (Fsp3) is 0.188. The van der Waals surface area contributed by atoms with Gasteiger partial charge in [0.05, 0.1) is 22.2 Å². The van der Waals surface area contributed by atoms with Crippen LogP contribution in [-0.2, 0) is 14.8 Å². The molecule has 0 spiro atoms. The Labute approximate surface area is 145 Å². The summed E-state index contributed by atoms with van der Waals surface area (Å²) in [6.45, 7) is 0.781. The van der Waals surface area contributed by atoms with Crippen LogP contribution >= 0.6 is 11.6 Å². The summed E-state index contributed by atoms with van der Waals surface area (Å²) >= 11 is 5.95. The molecule has 24 heavy (non-hydrogen) atoms. The summed E-state index contributed by atoms with van der Waals surface area (Å²) in [6.07, 6.45) is 0. The summed E-state index contributed by atoms with van der Waals surface area (Å²) in [5, 5.41) is 2.96. The van der Waals surface area contributed by atoms with Gasteiger partial charge in [-0.1, -0.05) is 23.7 Å². The second-order valence-corrected chi connectivity index (χ2v) is 6.95. The zero-order chi connectivity index (χ0) is 17.6. The van der Waals surface area contributed by atoms with E-state index in [-0.39, 0.29) is 10.8 Å². The zero-order valence-electron chi connectivity index (χ0n) is 13.0. The average molecular weight is 369 g/mol. The molecule has 0 unspecified atom stereocenters. The second kappa shape index (κ2) is 8.14. The van der Waals surface area contributed by atoms with Crippen molar-refractivity contribution in [2.24, 2.45) is 0 Å². The molecule has 1 amide bonds. The molecule has 6 nitrogen and oxygen atoms in total. The first-order valence-electron chi connectivity index (χ1n) is 7.08. The molecule has 0 heterocycles. The van der Waals surface area contributed by atoms with Gasteiger partial charge >= 0.3 is 0 Å². The van der Waals surface area contributed by atoms with Gasteiger partial charge in [0, 0.05) is 19.2 Å². The Balaban J connectivity index is 2.12. The highest BCUT2D eigenvalue weighted by Crippen LogP contribution is 2.24. The number of rotatable bonds is 7. The van der Waals surface area contributed by atoms with Crippen LogP contribution in [-0.4, -0.2) is 34.6 Å². The van der Waals surface area contributed by atoms with Crippen LogP contribution in [0.3, 0.4) is 0 Å². The normalized spacial score (nSPS) is 11.1. The minimum absolute atomic E-state index is 0.0378. The van der Waals surface area contributed by atoms with Crippen molar-refractivity contribution >= 4 is 33.2 Å². The van der Waals surface area contributed by atoms with Gasteiger partial charge in [-0.3, -0.25) is 9.52 Å². The molecule has 0 bridgehead atoms. The molecule has 8 heteroatoms. The predicted octanol–water partition coefficient (Wildman–Crippen LogP) is 2.52. The molecule has 0 aromatic heterocycles. The molecule has 0 fully saturated rings. The van der Waals surface area contributed by atoms with Gasteiger partial charge in [0.25, 0.3) is 15.9 Å². The summed E-state index contributed by atoms with van der Waals surface area (Å²) in [5.74, 6) is -0.296. The highest BCUT2D eigenvalue weighted by molar-refractivity contribution is 7.92. The van der Waals surface area contributed by atoms with Gasteiger partial charge in [-0.25, -0.2) is 8.42 Å². The third-order valence-electron chi connectivity index (χ3n) is 3.14. The van der Waals surface area contributed by atoms with E-state index in [0.717, 1.165) is 0 Å². The number of methoxy groups -OCH3 is 1. The number of para-hydroxylation sites is 1. The number of hydrogen-bond donors (Lipinski definition) is 2. The molecule has 0 aliphatic rings. The number of nitrogens with one attached hydrogen (secondary N) is 2. The number of carbonyl (C=O) groups excluding carboxylic acids is 1. The summed E-state index contributed by atoms with van der Waals surface area (Å²) in [4.78, 5) is 11.9. The quantitative estimate of drug-likeness (QED) is 0.735.